The zero-order valence-electron chi connectivity index (χ0n) is 13.9. The number of nitrogens with zero attached hydrogens (tertiary/aromatic N) is 3. The molecule has 8 heteroatoms. The number of furan rings is 1. The Hall–Kier alpha value is -1.96. The number of hydrogen-bond donors (Lipinski definition) is 2. The molecule has 3 rings (SSSR count). The number of hydrogen-bond acceptors (Lipinski definition) is 6. The predicted molar refractivity (Wildman–Crippen MR) is 92.8 cm³/mol. The van der Waals surface area contributed by atoms with Crippen molar-refractivity contribution in [2.24, 2.45) is 5.92 Å². The quantitative estimate of drug-likeness (QED) is 0.635. The number of rotatable bonds is 5. The first-order valence-electron chi connectivity index (χ1n) is 8.27. The van der Waals surface area contributed by atoms with Gasteiger partial charge in [-0.3, -0.25) is 4.79 Å². The van der Waals surface area contributed by atoms with E-state index in [0.29, 0.717) is 22.7 Å². The van der Waals surface area contributed by atoms with Gasteiger partial charge in [0.25, 0.3) is 0 Å². The van der Waals surface area contributed by atoms with Crippen LogP contribution in [0.25, 0.3) is 11.6 Å². The summed E-state index contributed by atoms with van der Waals surface area (Å²) in [5, 5.41) is 11.5. The zero-order valence-corrected chi connectivity index (χ0v) is 14.8. The van der Waals surface area contributed by atoms with Crippen LogP contribution in [0.3, 0.4) is 0 Å². The van der Waals surface area contributed by atoms with Gasteiger partial charge in [0.1, 0.15) is 0 Å². The van der Waals surface area contributed by atoms with Crippen LogP contribution in [-0.4, -0.2) is 32.1 Å². The van der Waals surface area contributed by atoms with Crippen molar-refractivity contribution in [3.05, 3.63) is 18.4 Å². The molecular formula is C16H23N5O2S. The molecule has 1 aliphatic carbocycles. The van der Waals surface area contributed by atoms with Crippen LogP contribution in [0.5, 0.6) is 0 Å². The van der Waals surface area contributed by atoms with Crippen LogP contribution < -0.4 is 11.2 Å². The van der Waals surface area contributed by atoms with Crippen LogP contribution in [0.4, 0.5) is 0 Å². The molecule has 0 aliphatic heterocycles. The number of nitrogens with two attached hydrogens (primary N) is 1. The largest absolute Gasteiger partial charge is 0.461 e. The van der Waals surface area contributed by atoms with Gasteiger partial charge in [-0.2, -0.15) is 0 Å². The molecule has 0 radical (unpaired) electrons. The highest BCUT2D eigenvalue weighted by atomic mass is 32.2. The van der Waals surface area contributed by atoms with Gasteiger partial charge in [-0.25, -0.2) is 4.68 Å². The zero-order chi connectivity index (χ0) is 17.1. The molecule has 3 atom stereocenters. The van der Waals surface area contributed by atoms with Crippen LogP contribution in [0.15, 0.2) is 28.0 Å². The fourth-order valence-corrected chi connectivity index (χ4v) is 3.75. The van der Waals surface area contributed by atoms with E-state index in [1.165, 1.54) is 35.7 Å². The molecule has 0 spiro atoms. The first-order chi connectivity index (χ1) is 11.6. The summed E-state index contributed by atoms with van der Waals surface area (Å²) in [6.07, 6.45) is 6.22. The maximum Gasteiger partial charge on any atom is 0.233 e. The van der Waals surface area contributed by atoms with E-state index in [1.54, 1.807) is 18.4 Å². The minimum absolute atomic E-state index is 0.0151. The molecule has 1 amide bonds. The predicted octanol–water partition coefficient (Wildman–Crippen LogP) is 2.43. The molecule has 0 aromatic carbocycles. The van der Waals surface area contributed by atoms with Gasteiger partial charge in [0, 0.05) is 6.04 Å². The van der Waals surface area contributed by atoms with Crippen LogP contribution in [0, 0.1) is 5.92 Å². The van der Waals surface area contributed by atoms with Gasteiger partial charge in [0.2, 0.25) is 16.9 Å². The van der Waals surface area contributed by atoms with Crippen LogP contribution in [0.2, 0.25) is 0 Å². The average molecular weight is 349 g/mol. The Morgan fingerprint density at radius 1 is 1.46 bits per heavy atom. The van der Waals surface area contributed by atoms with E-state index in [1.807, 2.05) is 6.92 Å². The summed E-state index contributed by atoms with van der Waals surface area (Å²) in [5.74, 6) is 7.56. The number of nitrogen functional groups attached to an aromatic ring is 1. The second-order valence-electron chi connectivity index (χ2n) is 6.29. The van der Waals surface area contributed by atoms with Gasteiger partial charge in [0.15, 0.2) is 5.76 Å². The molecule has 2 heterocycles. The van der Waals surface area contributed by atoms with Crippen molar-refractivity contribution >= 4 is 17.7 Å². The fourth-order valence-electron chi connectivity index (χ4n) is 2.97. The topological polar surface area (TPSA) is 99.0 Å². The van der Waals surface area contributed by atoms with Gasteiger partial charge in [-0.1, -0.05) is 31.5 Å². The van der Waals surface area contributed by atoms with Crippen molar-refractivity contribution in [1.29, 1.82) is 0 Å². The molecule has 1 fully saturated rings. The van der Waals surface area contributed by atoms with Crippen molar-refractivity contribution < 1.29 is 9.21 Å². The third kappa shape index (κ3) is 3.58. The van der Waals surface area contributed by atoms with E-state index < -0.39 is 0 Å². The summed E-state index contributed by atoms with van der Waals surface area (Å²) in [6.45, 7) is 4.06. The lowest BCUT2D eigenvalue weighted by molar-refractivity contribution is -0.121. The summed E-state index contributed by atoms with van der Waals surface area (Å²) < 4.78 is 6.64. The highest BCUT2D eigenvalue weighted by Crippen LogP contribution is 2.27. The number of aromatic nitrogens is 3. The smallest absolute Gasteiger partial charge is 0.233 e. The lowest BCUT2D eigenvalue weighted by atomic mass is 9.86. The Morgan fingerprint density at radius 3 is 2.96 bits per heavy atom. The maximum absolute atomic E-state index is 12.5. The lowest BCUT2D eigenvalue weighted by Crippen LogP contribution is -2.44. The molecule has 3 N–H and O–H groups in total. The van der Waals surface area contributed by atoms with Crippen molar-refractivity contribution in [3.63, 3.8) is 0 Å². The summed E-state index contributed by atoms with van der Waals surface area (Å²) in [5.41, 5.74) is 0. The Labute approximate surface area is 145 Å². The molecule has 0 unspecified atom stereocenters. The summed E-state index contributed by atoms with van der Waals surface area (Å²) in [4.78, 5) is 12.5. The molecule has 1 aliphatic rings. The highest BCUT2D eigenvalue weighted by molar-refractivity contribution is 8.00. The van der Waals surface area contributed by atoms with Crippen molar-refractivity contribution in [3.8, 4) is 11.6 Å². The SMILES string of the molecule is C[C@@H]1CCCC[C@H]1NC(=O)[C@@H](C)Sc1nnc(-c2ccco2)n1N. The summed E-state index contributed by atoms with van der Waals surface area (Å²) >= 11 is 1.30. The van der Waals surface area contributed by atoms with Gasteiger partial charge in [0.05, 0.1) is 11.5 Å². The summed E-state index contributed by atoms with van der Waals surface area (Å²) in [6, 6.07) is 3.80. The first-order valence-corrected chi connectivity index (χ1v) is 9.15. The van der Waals surface area contributed by atoms with Crippen molar-refractivity contribution in [1.82, 2.24) is 20.2 Å². The Balaban J connectivity index is 1.62. The van der Waals surface area contributed by atoms with E-state index >= 15 is 0 Å². The van der Waals surface area contributed by atoms with Gasteiger partial charge in [-0.05, 0) is 37.8 Å². The van der Waals surface area contributed by atoms with Crippen LogP contribution in [0.1, 0.15) is 39.5 Å². The molecular weight excluding hydrogens is 326 g/mol. The van der Waals surface area contributed by atoms with Crippen LogP contribution in [-0.2, 0) is 4.79 Å². The minimum Gasteiger partial charge on any atom is -0.461 e. The lowest BCUT2D eigenvalue weighted by Gasteiger charge is -2.30. The number of carbonyl (C=O) groups excluding carboxylic acids is 1. The van der Waals surface area contributed by atoms with E-state index in [9.17, 15) is 4.79 Å². The second-order valence-corrected chi connectivity index (χ2v) is 7.60. The molecule has 2 aromatic heterocycles. The molecule has 24 heavy (non-hydrogen) atoms. The summed E-state index contributed by atoms with van der Waals surface area (Å²) in [7, 11) is 0. The van der Waals surface area contributed by atoms with Crippen molar-refractivity contribution in [2.45, 2.75) is 56.0 Å². The average Bonchev–Trinajstić information content (AvgIpc) is 3.20. The van der Waals surface area contributed by atoms with Crippen molar-refractivity contribution in [2.75, 3.05) is 5.84 Å². The second kappa shape index (κ2) is 7.29. The Bertz CT molecular complexity index is 685. The monoisotopic (exact) mass is 349 g/mol. The Kier molecular flexibility index (Phi) is 5.13. The third-order valence-electron chi connectivity index (χ3n) is 4.50. The van der Waals surface area contributed by atoms with Gasteiger partial charge < -0.3 is 15.6 Å². The van der Waals surface area contributed by atoms with E-state index in [-0.39, 0.29) is 17.2 Å². The third-order valence-corrected chi connectivity index (χ3v) is 5.55. The van der Waals surface area contributed by atoms with Crippen LogP contribution >= 0.6 is 11.8 Å². The fraction of sp³-hybridized carbons (Fsp3) is 0.562. The standard InChI is InChI=1S/C16H23N5O2S/c1-10-6-3-4-7-12(10)18-15(22)11(2)24-16-20-19-14(21(16)17)13-8-5-9-23-13/h5,8-12H,3-4,6-7,17H2,1-2H3,(H,18,22)/t10-,11-,12-/m1/s1. The molecule has 130 valence electrons. The maximum atomic E-state index is 12.5. The molecule has 0 bridgehead atoms. The molecule has 2 aromatic rings. The van der Waals surface area contributed by atoms with Gasteiger partial charge >= 0.3 is 0 Å². The molecule has 0 saturated heterocycles. The molecule has 1 saturated carbocycles. The number of thioether (sulfide) groups is 1. The van der Waals surface area contributed by atoms with Gasteiger partial charge in [-0.15, -0.1) is 10.2 Å². The minimum atomic E-state index is -0.296. The Morgan fingerprint density at radius 2 is 2.25 bits per heavy atom. The molecule has 7 nitrogen and oxygen atoms in total. The number of nitrogens with one attached hydrogen (secondary N) is 1. The van der Waals surface area contributed by atoms with E-state index in [4.69, 9.17) is 10.3 Å². The van der Waals surface area contributed by atoms with E-state index in [2.05, 4.69) is 22.4 Å². The number of carbonyl (C=O) groups is 1. The number of amides is 1. The van der Waals surface area contributed by atoms with E-state index in [0.717, 1.165) is 6.42 Å². The normalized spacial score (nSPS) is 22.2. The first kappa shape index (κ1) is 16.9. The highest BCUT2D eigenvalue weighted by Gasteiger charge is 2.26.